The molecule has 0 saturated heterocycles. The molecule has 12 N–H and O–H groups in total. The van der Waals surface area contributed by atoms with E-state index < -0.39 is 0 Å². The van der Waals surface area contributed by atoms with Gasteiger partial charge in [-0.1, -0.05) is 36.4 Å². The second-order valence-electron chi connectivity index (χ2n) is 5.61. The summed E-state index contributed by atoms with van der Waals surface area (Å²) >= 11 is 0. The maximum absolute atomic E-state index is 6.40. The van der Waals surface area contributed by atoms with Gasteiger partial charge in [0.15, 0.2) is 0 Å². The topological polar surface area (TPSA) is 156 Å². The Kier molecular flexibility index (Phi) is 3.57. The van der Waals surface area contributed by atoms with E-state index in [4.69, 9.17) is 34.4 Å². The molecule has 0 aliphatic rings. The summed E-state index contributed by atoms with van der Waals surface area (Å²) in [6.07, 6.45) is 0. The Balaban J connectivity index is 2.26. The van der Waals surface area contributed by atoms with Crippen LogP contribution in [-0.2, 0) is 0 Å². The maximum atomic E-state index is 6.40. The number of hydrogen-bond acceptors (Lipinski definition) is 6. The Morgan fingerprint density at radius 1 is 0.417 bits per heavy atom. The highest BCUT2D eigenvalue weighted by atomic mass is 14.8. The van der Waals surface area contributed by atoms with Crippen molar-refractivity contribution in [3.63, 3.8) is 0 Å². The lowest BCUT2D eigenvalue weighted by Crippen LogP contribution is -2.06. The van der Waals surface area contributed by atoms with Gasteiger partial charge in [-0.05, 0) is 12.1 Å². The molecule has 6 heteroatoms. The van der Waals surface area contributed by atoms with Crippen molar-refractivity contribution in [3.8, 4) is 22.3 Å². The monoisotopic (exact) mass is 320 g/mol. The molecule has 0 radical (unpaired) electrons. The minimum absolute atomic E-state index is 0.258. The van der Waals surface area contributed by atoms with Crippen molar-refractivity contribution in [2.24, 2.45) is 0 Å². The summed E-state index contributed by atoms with van der Waals surface area (Å²) in [6, 6.07) is 14.9. The average molecular weight is 320 g/mol. The van der Waals surface area contributed by atoms with Crippen molar-refractivity contribution in [3.05, 3.63) is 48.5 Å². The first-order valence-electron chi connectivity index (χ1n) is 7.38. The number of benzene rings is 3. The summed E-state index contributed by atoms with van der Waals surface area (Å²) in [7, 11) is 0. The van der Waals surface area contributed by atoms with Crippen LogP contribution in [0.25, 0.3) is 22.3 Å². The summed E-state index contributed by atoms with van der Waals surface area (Å²) in [4.78, 5) is 0. The molecular weight excluding hydrogens is 300 g/mol. The van der Waals surface area contributed by atoms with Gasteiger partial charge in [0.05, 0.1) is 22.7 Å². The predicted molar refractivity (Wildman–Crippen MR) is 104 cm³/mol. The zero-order valence-corrected chi connectivity index (χ0v) is 13.1. The molecule has 0 spiro atoms. The van der Waals surface area contributed by atoms with E-state index in [-0.39, 0.29) is 11.4 Å². The second kappa shape index (κ2) is 5.58. The first kappa shape index (κ1) is 15.4. The van der Waals surface area contributed by atoms with Crippen LogP contribution in [0.5, 0.6) is 0 Å². The van der Waals surface area contributed by atoms with Gasteiger partial charge in [0, 0.05) is 33.6 Å². The van der Waals surface area contributed by atoms with Crippen molar-refractivity contribution in [2.75, 3.05) is 34.4 Å². The minimum atomic E-state index is 0.258. The van der Waals surface area contributed by atoms with E-state index in [0.29, 0.717) is 28.3 Å². The van der Waals surface area contributed by atoms with Crippen LogP contribution in [0.15, 0.2) is 48.5 Å². The molecule has 24 heavy (non-hydrogen) atoms. The highest BCUT2D eigenvalue weighted by Crippen LogP contribution is 2.43. The van der Waals surface area contributed by atoms with Gasteiger partial charge < -0.3 is 34.4 Å². The van der Waals surface area contributed by atoms with Crippen molar-refractivity contribution in [2.45, 2.75) is 0 Å². The van der Waals surface area contributed by atoms with Crippen LogP contribution in [0.4, 0.5) is 34.1 Å². The molecule has 0 amide bonds. The fraction of sp³-hybridized carbons (Fsp3) is 0. The number of para-hydroxylation sites is 2. The predicted octanol–water partition coefficient (Wildman–Crippen LogP) is 2.51. The van der Waals surface area contributed by atoms with Crippen LogP contribution in [0, 0.1) is 0 Å². The molecule has 0 saturated carbocycles. The number of nitrogen functional groups attached to an aromatic ring is 6. The van der Waals surface area contributed by atoms with Gasteiger partial charge in [-0.15, -0.1) is 0 Å². The van der Waals surface area contributed by atoms with Gasteiger partial charge in [0.25, 0.3) is 0 Å². The molecule has 0 bridgehead atoms. The zero-order chi connectivity index (χ0) is 17.4. The maximum Gasteiger partial charge on any atom is 0.0809 e. The van der Waals surface area contributed by atoms with E-state index in [1.165, 1.54) is 0 Å². The lowest BCUT2D eigenvalue weighted by molar-refractivity contribution is 1.57. The van der Waals surface area contributed by atoms with E-state index in [1.807, 2.05) is 42.5 Å². The quantitative estimate of drug-likeness (QED) is 0.398. The van der Waals surface area contributed by atoms with Crippen molar-refractivity contribution in [1.82, 2.24) is 0 Å². The van der Waals surface area contributed by atoms with Crippen molar-refractivity contribution < 1.29 is 0 Å². The molecule has 0 unspecified atom stereocenters. The van der Waals surface area contributed by atoms with E-state index in [1.54, 1.807) is 6.07 Å². The fourth-order valence-electron chi connectivity index (χ4n) is 2.76. The molecule has 0 heterocycles. The Labute approximate surface area is 140 Å². The Hall–Kier alpha value is -3.54. The summed E-state index contributed by atoms with van der Waals surface area (Å²) in [5.74, 6) is 0. The van der Waals surface area contributed by atoms with Gasteiger partial charge >= 0.3 is 0 Å². The third-order valence-electron chi connectivity index (χ3n) is 4.13. The van der Waals surface area contributed by atoms with Gasteiger partial charge in [-0.3, -0.25) is 0 Å². The summed E-state index contributed by atoms with van der Waals surface area (Å²) in [5, 5.41) is 0. The number of hydrogen-bond donors (Lipinski definition) is 6. The Morgan fingerprint density at radius 3 is 1.67 bits per heavy atom. The molecule has 6 nitrogen and oxygen atoms in total. The highest BCUT2D eigenvalue weighted by Gasteiger charge is 2.16. The van der Waals surface area contributed by atoms with Crippen molar-refractivity contribution >= 4 is 34.1 Å². The number of rotatable bonds is 2. The van der Waals surface area contributed by atoms with Crippen LogP contribution >= 0.6 is 0 Å². The van der Waals surface area contributed by atoms with E-state index in [2.05, 4.69) is 0 Å². The smallest absolute Gasteiger partial charge is 0.0809 e. The first-order chi connectivity index (χ1) is 11.4. The average Bonchev–Trinajstić information content (AvgIpc) is 2.57. The summed E-state index contributed by atoms with van der Waals surface area (Å²) < 4.78 is 0. The lowest BCUT2D eigenvalue weighted by atomic mass is 9.93. The minimum Gasteiger partial charge on any atom is -0.398 e. The molecule has 0 atom stereocenters. The van der Waals surface area contributed by atoms with Crippen LogP contribution in [0.1, 0.15) is 0 Å². The van der Waals surface area contributed by atoms with Crippen LogP contribution < -0.4 is 34.4 Å². The normalized spacial score (nSPS) is 10.7. The molecule has 0 aliphatic heterocycles. The second-order valence-corrected chi connectivity index (χ2v) is 5.61. The molecule has 3 aromatic rings. The number of nitrogens with two attached hydrogens (primary N) is 6. The van der Waals surface area contributed by atoms with Gasteiger partial charge in [0.2, 0.25) is 0 Å². The van der Waals surface area contributed by atoms with Gasteiger partial charge in [-0.25, -0.2) is 0 Å². The largest absolute Gasteiger partial charge is 0.398 e. The van der Waals surface area contributed by atoms with Gasteiger partial charge in [-0.2, -0.15) is 0 Å². The Morgan fingerprint density at radius 2 is 1.00 bits per heavy atom. The molecule has 0 fully saturated rings. The first-order valence-corrected chi connectivity index (χ1v) is 7.38. The van der Waals surface area contributed by atoms with Crippen LogP contribution in [-0.4, -0.2) is 0 Å². The van der Waals surface area contributed by atoms with Crippen LogP contribution in [0.3, 0.4) is 0 Å². The summed E-state index contributed by atoms with van der Waals surface area (Å²) in [5.41, 5.74) is 41.8. The molecular formula is C18H20N6. The lowest BCUT2D eigenvalue weighted by Gasteiger charge is -2.17. The standard InChI is InChI=1S/C18H20N6/c19-13-7-2-1-4-9(13)10-5-3-6-11(15(10)21)12-8-14(20)17(23)18(24)16(12)22/h1-8H,19-24H2. The van der Waals surface area contributed by atoms with Gasteiger partial charge in [0.1, 0.15) is 0 Å². The molecule has 3 rings (SSSR count). The molecule has 0 aromatic heterocycles. The Bertz CT molecular complexity index is 933. The molecule has 3 aromatic carbocycles. The number of anilines is 6. The summed E-state index contributed by atoms with van der Waals surface area (Å²) in [6.45, 7) is 0. The van der Waals surface area contributed by atoms with Crippen LogP contribution in [0.2, 0.25) is 0 Å². The fourth-order valence-corrected chi connectivity index (χ4v) is 2.76. The van der Waals surface area contributed by atoms with Crippen molar-refractivity contribution in [1.29, 1.82) is 0 Å². The third-order valence-corrected chi connectivity index (χ3v) is 4.13. The third kappa shape index (κ3) is 2.30. The molecule has 122 valence electrons. The van der Waals surface area contributed by atoms with E-state index in [9.17, 15) is 0 Å². The molecule has 0 aliphatic carbocycles. The van der Waals surface area contributed by atoms with E-state index >= 15 is 0 Å². The SMILES string of the molecule is Nc1ccccc1-c1cccc(-c2cc(N)c(N)c(N)c2N)c1N. The zero-order valence-electron chi connectivity index (χ0n) is 13.1. The van der Waals surface area contributed by atoms with E-state index in [0.717, 1.165) is 16.7 Å². The highest BCUT2D eigenvalue weighted by molar-refractivity contribution is 6.01.